The minimum Gasteiger partial charge on any atom is -0.320 e. The topological polar surface area (TPSA) is 53.8 Å². The molecule has 2 unspecified atom stereocenters. The van der Waals surface area contributed by atoms with E-state index in [2.05, 4.69) is 22.2 Å². The zero-order chi connectivity index (χ0) is 21.2. The van der Waals surface area contributed by atoms with Gasteiger partial charge in [-0.25, -0.2) is 4.99 Å². The molecule has 0 saturated heterocycles. The molecule has 4 nitrogen and oxygen atoms in total. The summed E-state index contributed by atoms with van der Waals surface area (Å²) in [6.45, 7) is 16.0. The molecular formula is C22H41N3OS. The van der Waals surface area contributed by atoms with Crippen molar-refractivity contribution in [2.24, 2.45) is 15.9 Å². The van der Waals surface area contributed by atoms with Gasteiger partial charge in [-0.15, -0.1) is 0 Å². The molecule has 27 heavy (non-hydrogen) atoms. The van der Waals surface area contributed by atoms with Gasteiger partial charge < -0.3 is 5.32 Å². The molecule has 0 saturated carbocycles. The number of hydrogen-bond acceptors (Lipinski definition) is 4. The Bertz CT molecular complexity index is 565. The second-order valence-electron chi connectivity index (χ2n) is 5.50. The summed E-state index contributed by atoms with van der Waals surface area (Å²) in [4.78, 5) is 10.0. The van der Waals surface area contributed by atoms with Crippen molar-refractivity contribution in [2.45, 2.75) is 66.2 Å². The lowest BCUT2D eigenvalue weighted by atomic mass is 10.0. The monoisotopic (exact) mass is 395 g/mol. The Morgan fingerprint density at radius 1 is 1.07 bits per heavy atom. The molecule has 156 valence electrons. The minimum atomic E-state index is -0.939. The van der Waals surface area contributed by atoms with Crippen molar-refractivity contribution in [3.8, 4) is 0 Å². The highest BCUT2D eigenvalue weighted by Crippen LogP contribution is 2.15. The van der Waals surface area contributed by atoms with Crippen molar-refractivity contribution in [1.29, 1.82) is 0 Å². The van der Waals surface area contributed by atoms with Gasteiger partial charge in [0.05, 0.1) is 6.54 Å². The van der Waals surface area contributed by atoms with Gasteiger partial charge in [-0.2, -0.15) is 0 Å². The van der Waals surface area contributed by atoms with Crippen LogP contribution in [0.3, 0.4) is 0 Å². The van der Waals surface area contributed by atoms with E-state index in [9.17, 15) is 4.21 Å². The van der Waals surface area contributed by atoms with Crippen LogP contribution in [0.2, 0.25) is 0 Å². The van der Waals surface area contributed by atoms with Crippen molar-refractivity contribution in [3.05, 3.63) is 29.8 Å². The van der Waals surface area contributed by atoms with Gasteiger partial charge in [0.15, 0.2) is 5.84 Å². The van der Waals surface area contributed by atoms with Crippen LogP contribution in [0.5, 0.6) is 0 Å². The van der Waals surface area contributed by atoms with Crippen LogP contribution in [-0.4, -0.2) is 42.1 Å². The predicted molar refractivity (Wildman–Crippen MR) is 124 cm³/mol. The summed E-state index contributed by atoms with van der Waals surface area (Å²) < 4.78 is 11.4. The van der Waals surface area contributed by atoms with Crippen LogP contribution in [0.15, 0.2) is 39.1 Å². The van der Waals surface area contributed by atoms with Crippen LogP contribution in [0, 0.1) is 5.92 Å². The standard InChI is InChI=1S/C16H23N3OS.3C2H6/c1-12(8-9-17-2)10-14-11-18-16(19-14)13-4-6-15(7-5-13)21(3)20;3*1-2/h4-7,12,17H,8-11H2,1-3H3;3*1-2H3. The molecule has 0 spiro atoms. The van der Waals surface area contributed by atoms with Gasteiger partial charge in [-0.3, -0.25) is 9.20 Å². The molecule has 1 aliphatic rings. The van der Waals surface area contributed by atoms with Gasteiger partial charge in [-0.1, -0.05) is 60.6 Å². The minimum absolute atomic E-state index is 0.621. The largest absolute Gasteiger partial charge is 0.320 e. The molecule has 5 heteroatoms. The lowest BCUT2D eigenvalue weighted by Crippen LogP contribution is -2.14. The molecule has 1 N–H and O–H groups in total. The van der Waals surface area contributed by atoms with Crippen molar-refractivity contribution in [2.75, 3.05) is 26.4 Å². The van der Waals surface area contributed by atoms with E-state index in [-0.39, 0.29) is 0 Å². The highest BCUT2D eigenvalue weighted by atomic mass is 32.2. The first-order valence-corrected chi connectivity index (χ1v) is 11.9. The molecule has 2 rings (SSSR count). The highest BCUT2D eigenvalue weighted by Gasteiger charge is 2.14. The Morgan fingerprint density at radius 2 is 1.63 bits per heavy atom. The maximum atomic E-state index is 11.4. The van der Waals surface area contributed by atoms with Gasteiger partial charge in [0.1, 0.15) is 0 Å². The fourth-order valence-electron chi connectivity index (χ4n) is 2.34. The fourth-order valence-corrected chi connectivity index (χ4v) is 2.86. The molecule has 1 aromatic rings. The number of hydrogen-bond donors (Lipinski definition) is 1. The van der Waals surface area contributed by atoms with E-state index >= 15 is 0 Å². The average molecular weight is 396 g/mol. The maximum absolute atomic E-state index is 11.4. The second kappa shape index (κ2) is 18.1. The number of rotatable bonds is 7. The van der Waals surface area contributed by atoms with Crippen LogP contribution in [0.4, 0.5) is 0 Å². The highest BCUT2D eigenvalue weighted by molar-refractivity contribution is 7.84. The van der Waals surface area contributed by atoms with Crippen molar-refractivity contribution in [3.63, 3.8) is 0 Å². The summed E-state index contributed by atoms with van der Waals surface area (Å²) in [7, 11) is 1.04. The van der Waals surface area contributed by atoms with Crippen molar-refractivity contribution >= 4 is 22.3 Å². The third kappa shape index (κ3) is 11.2. The summed E-state index contributed by atoms with van der Waals surface area (Å²) in [5.41, 5.74) is 2.17. The van der Waals surface area contributed by atoms with Gasteiger partial charge in [0.2, 0.25) is 0 Å². The van der Waals surface area contributed by atoms with E-state index in [0.717, 1.165) is 41.4 Å². The van der Waals surface area contributed by atoms with Gasteiger partial charge in [0, 0.05) is 33.2 Å². The number of nitrogens with one attached hydrogen (secondary N) is 1. The smallest absolute Gasteiger partial charge is 0.154 e. The predicted octanol–water partition coefficient (Wildman–Crippen LogP) is 5.34. The molecule has 0 amide bonds. The summed E-state index contributed by atoms with van der Waals surface area (Å²) in [5, 5.41) is 3.18. The molecule has 1 aliphatic heterocycles. The molecule has 0 aliphatic carbocycles. The van der Waals surface area contributed by atoms with E-state index in [1.54, 1.807) is 6.26 Å². The molecular weight excluding hydrogens is 354 g/mol. The lowest BCUT2D eigenvalue weighted by Gasteiger charge is -2.09. The van der Waals surface area contributed by atoms with Gasteiger partial charge >= 0.3 is 0 Å². The van der Waals surface area contributed by atoms with E-state index in [0.29, 0.717) is 12.5 Å². The van der Waals surface area contributed by atoms with Gasteiger partial charge in [0.25, 0.3) is 0 Å². The lowest BCUT2D eigenvalue weighted by molar-refractivity contribution is 0.534. The van der Waals surface area contributed by atoms with E-state index in [1.165, 1.54) is 0 Å². The van der Waals surface area contributed by atoms with Gasteiger partial charge in [-0.05, 0) is 44.5 Å². The van der Waals surface area contributed by atoms with E-state index in [4.69, 9.17) is 0 Å². The first kappa shape index (κ1) is 27.9. The fraction of sp³-hybridized carbons (Fsp3) is 0.636. The summed E-state index contributed by atoms with van der Waals surface area (Å²) >= 11 is 0. The van der Waals surface area contributed by atoms with E-state index in [1.807, 2.05) is 72.9 Å². The SMILES string of the molecule is CC.CC.CC.CNCCC(C)CC1=NC(c2ccc(S(C)=O)cc2)=NC1. The number of amidine groups is 1. The Morgan fingerprint density at radius 3 is 2.11 bits per heavy atom. The molecule has 1 heterocycles. The molecule has 0 fully saturated rings. The summed E-state index contributed by atoms with van der Waals surface area (Å²) in [5.74, 6) is 1.43. The molecule has 0 bridgehead atoms. The number of benzene rings is 1. The van der Waals surface area contributed by atoms with Crippen LogP contribution < -0.4 is 5.32 Å². The Balaban J connectivity index is 0. The Labute approximate surface area is 170 Å². The number of nitrogens with zero attached hydrogens (tertiary/aromatic N) is 2. The van der Waals surface area contributed by atoms with Crippen LogP contribution in [-0.2, 0) is 10.8 Å². The zero-order valence-corrected chi connectivity index (χ0v) is 19.7. The van der Waals surface area contributed by atoms with E-state index < -0.39 is 10.8 Å². The Kier molecular flexibility index (Phi) is 18.6. The van der Waals surface area contributed by atoms with Crippen LogP contribution >= 0.6 is 0 Å². The Hall–Kier alpha value is -1.33. The first-order valence-electron chi connectivity index (χ1n) is 10.3. The molecule has 1 aromatic carbocycles. The third-order valence-corrected chi connectivity index (χ3v) is 4.53. The average Bonchev–Trinajstić information content (AvgIpc) is 3.19. The van der Waals surface area contributed by atoms with Crippen molar-refractivity contribution < 1.29 is 4.21 Å². The normalized spacial score (nSPS) is 14.1. The number of aliphatic imine (C=N–C) groups is 2. The zero-order valence-electron chi connectivity index (χ0n) is 18.9. The second-order valence-corrected chi connectivity index (χ2v) is 6.88. The van der Waals surface area contributed by atoms with Crippen LogP contribution in [0.25, 0.3) is 0 Å². The third-order valence-electron chi connectivity index (χ3n) is 3.59. The summed E-state index contributed by atoms with van der Waals surface area (Å²) in [6, 6.07) is 7.67. The maximum Gasteiger partial charge on any atom is 0.154 e. The molecule has 0 aromatic heterocycles. The first-order chi connectivity index (χ1) is 13.1. The van der Waals surface area contributed by atoms with Crippen molar-refractivity contribution in [1.82, 2.24) is 5.32 Å². The quantitative estimate of drug-likeness (QED) is 0.677. The van der Waals surface area contributed by atoms with Crippen LogP contribution in [0.1, 0.15) is 66.9 Å². The molecule has 2 atom stereocenters. The summed E-state index contributed by atoms with van der Waals surface area (Å²) in [6.07, 6.45) is 3.85. The molecule has 0 radical (unpaired) electrons.